The van der Waals surface area contributed by atoms with E-state index in [9.17, 15) is 18.7 Å². The van der Waals surface area contributed by atoms with Crippen LogP contribution in [0.3, 0.4) is 0 Å². The molecule has 2 atom stereocenters. The van der Waals surface area contributed by atoms with Crippen molar-refractivity contribution in [2.45, 2.75) is 25.8 Å². The molecule has 4 nitrogen and oxygen atoms in total. The third kappa shape index (κ3) is 2.47. The zero-order valence-electron chi connectivity index (χ0n) is 12.3. The highest BCUT2D eigenvalue weighted by Crippen LogP contribution is 2.26. The van der Waals surface area contributed by atoms with Gasteiger partial charge in [0, 0.05) is 30.1 Å². The molecule has 0 aliphatic carbocycles. The Hall–Kier alpha value is -1.95. The lowest BCUT2D eigenvalue weighted by atomic mass is 9.92. The smallest absolute Gasteiger partial charge is 0.270 e. The SMILES string of the molecule is C[C@H]1C[C@@H](CO)CCN1C(=O)c1cc2c(F)c(F)ccc2[nH]1. The van der Waals surface area contributed by atoms with E-state index >= 15 is 0 Å². The van der Waals surface area contributed by atoms with Gasteiger partial charge in [0.05, 0.1) is 0 Å². The van der Waals surface area contributed by atoms with Gasteiger partial charge in [0.2, 0.25) is 0 Å². The number of aliphatic hydroxyl groups excluding tert-OH is 1. The fourth-order valence-electron chi connectivity index (χ4n) is 3.15. The van der Waals surface area contributed by atoms with Gasteiger partial charge in [0.1, 0.15) is 5.69 Å². The molecule has 6 heteroatoms. The van der Waals surface area contributed by atoms with Crippen LogP contribution in [0.5, 0.6) is 0 Å². The maximum absolute atomic E-state index is 13.7. The minimum Gasteiger partial charge on any atom is -0.396 e. The van der Waals surface area contributed by atoms with Crippen LogP contribution in [0.2, 0.25) is 0 Å². The van der Waals surface area contributed by atoms with Crippen LogP contribution in [0.1, 0.15) is 30.3 Å². The number of carbonyl (C=O) groups is 1. The summed E-state index contributed by atoms with van der Waals surface area (Å²) in [6, 6.07) is 3.83. The fourth-order valence-corrected chi connectivity index (χ4v) is 3.15. The predicted molar refractivity (Wildman–Crippen MR) is 78.5 cm³/mol. The first-order valence-electron chi connectivity index (χ1n) is 7.39. The first kappa shape index (κ1) is 15.0. The molecule has 1 aliphatic rings. The molecule has 0 radical (unpaired) electrons. The lowest BCUT2D eigenvalue weighted by Crippen LogP contribution is -2.45. The highest BCUT2D eigenvalue weighted by molar-refractivity contribution is 5.98. The summed E-state index contributed by atoms with van der Waals surface area (Å²) in [5, 5.41) is 9.30. The third-order valence-corrected chi connectivity index (χ3v) is 4.42. The van der Waals surface area contributed by atoms with Crippen LogP contribution in [0, 0.1) is 17.6 Å². The number of piperidine rings is 1. The topological polar surface area (TPSA) is 56.3 Å². The van der Waals surface area contributed by atoms with E-state index in [0.717, 1.165) is 18.9 Å². The second-order valence-corrected chi connectivity index (χ2v) is 5.93. The number of halogens is 2. The maximum Gasteiger partial charge on any atom is 0.270 e. The van der Waals surface area contributed by atoms with Crippen molar-refractivity contribution < 1.29 is 18.7 Å². The van der Waals surface area contributed by atoms with Gasteiger partial charge in [-0.15, -0.1) is 0 Å². The van der Waals surface area contributed by atoms with E-state index in [4.69, 9.17) is 0 Å². The van der Waals surface area contributed by atoms with E-state index in [2.05, 4.69) is 4.98 Å². The number of H-pyrrole nitrogens is 1. The summed E-state index contributed by atoms with van der Waals surface area (Å²) in [5.74, 6) is -1.88. The molecule has 118 valence electrons. The van der Waals surface area contributed by atoms with Crippen LogP contribution in [-0.2, 0) is 0 Å². The summed E-state index contributed by atoms with van der Waals surface area (Å²) in [6.45, 7) is 2.61. The molecule has 1 amide bonds. The predicted octanol–water partition coefficient (Wildman–Crippen LogP) is 2.68. The molecule has 0 unspecified atom stereocenters. The van der Waals surface area contributed by atoms with Gasteiger partial charge >= 0.3 is 0 Å². The molecule has 1 aromatic heterocycles. The molecule has 0 saturated carbocycles. The highest BCUT2D eigenvalue weighted by Gasteiger charge is 2.30. The molecular formula is C16H18F2N2O2. The van der Waals surface area contributed by atoms with Gasteiger partial charge in [-0.25, -0.2) is 8.78 Å². The lowest BCUT2D eigenvalue weighted by Gasteiger charge is -2.36. The second kappa shape index (κ2) is 5.68. The number of likely N-dealkylation sites (tertiary alicyclic amines) is 1. The van der Waals surface area contributed by atoms with Gasteiger partial charge in [-0.1, -0.05) is 0 Å². The van der Waals surface area contributed by atoms with Crippen molar-refractivity contribution in [2.75, 3.05) is 13.2 Å². The molecule has 2 N–H and O–H groups in total. The zero-order chi connectivity index (χ0) is 15.9. The van der Waals surface area contributed by atoms with Crippen LogP contribution >= 0.6 is 0 Å². The molecule has 22 heavy (non-hydrogen) atoms. The lowest BCUT2D eigenvalue weighted by molar-refractivity contribution is 0.0510. The molecule has 0 spiro atoms. The zero-order valence-corrected chi connectivity index (χ0v) is 12.3. The molecular weight excluding hydrogens is 290 g/mol. The van der Waals surface area contributed by atoms with Crippen LogP contribution in [0.15, 0.2) is 18.2 Å². The Balaban J connectivity index is 1.88. The van der Waals surface area contributed by atoms with Crippen LogP contribution in [0.4, 0.5) is 8.78 Å². The van der Waals surface area contributed by atoms with Crippen molar-refractivity contribution >= 4 is 16.8 Å². The summed E-state index contributed by atoms with van der Waals surface area (Å²) >= 11 is 0. The first-order valence-corrected chi connectivity index (χ1v) is 7.39. The summed E-state index contributed by atoms with van der Waals surface area (Å²) < 4.78 is 27.0. The van der Waals surface area contributed by atoms with E-state index in [1.807, 2.05) is 6.92 Å². The summed E-state index contributed by atoms with van der Waals surface area (Å²) in [5.41, 5.74) is 0.661. The number of aromatic amines is 1. The summed E-state index contributed by atoms with van der Waals surface area (Å²) in [7, 11) is 0. The summed E-state index contributed by atoms with van der Waals surface area (Å²) in [4.78, 5) is 17.2. The number of nitrogens with zero attached hydrogens (tertiary/aromatic N) is 1. The minimum atomic E-state index is -0.945. The number of rotatable bonds is 2. The molecule has 1 saturated heterocycles. The Morgan fingerprint density at radius 3 is 2.91 bits per heavy atom. The van der Waals surface area contributed by atoms with Crippen LogP contribution in [-0.4, -0.2) is 40.1 Å². The molecule has 1 aliphatic heterocycles. The number of nitrogens with one attached hydrogen (secondary N) is 1. The van der Waals surface area contributed by atoms with E-state index < -0.39 is 11.6 Å². The Kier molecular flexibility index (Phi) is 3.87. The van der Waals surface area contributed by atoms with Crippen LogP contribution < -0.4 is 0 Å². The van der Waals surface area contributed by atoms with Crippen molar-refractivity contribution in [1.82, 2.24) is 9.88 Å². The molecule has 1 fully saturated rings. The van der Waals surface area contributed by atoms with E-state index in [-0.39, 0.29) is 35.6 Å². The van der Waals surface area contributed by atoms with Crippen molar-refractivity contribution in [3.8, 4) is 0 Å². The largest absolute Gasteiger partial charge is 0.396 e. The van der Waals surface area contributed by atoms with Crippen molar-refractivity contribution in [3.05, 3.63) is 35.5 Å². The van der Waals surface area contributed by atoms with Gasteiger partial charge < -0.3 is 15.0 Å². The standard InChI is InChI=1S/C16H18F2N2O2/c1-9-6-10(8-21)4-5-20(9)16(22)14-7-11-13(19-14)3-2-12(17)15(11)18/h2-3,7,9-10,19,21H,4-6,8H2,1H3/t9-,10-/m0/s1. The normalized spacial score (nSPS) is 22.3. The number of aliphatic hydroxyl groups is 1. The van der Waals surface area contributed by atoms with Crippen molar-refractivity contribution in [1.29, 1.82) is 0 Å². The van der Waals surface area contributed by atoms with Gasteiger partial charge in [-0.3, -0.25) is 4.79 Å². The van der Waals surface area contributed by atoms with E-state index in [1.54, 1.807) is 4.90 Å². The van der Waals surface area contributed by atoms with Gasteiger partial charge in [0.25, 0.3) is 5.91 Å². The Morgan fingerprint density at radius 2 is 2.23 bits per heavy atom. The molecule has 3 rings (SSSR count). The highest BCUT2D eigenvalue weighted by atomic mass is 19.2. The second-order valence-electron chi connectivity index (χ2n) is 5.93. The summed E-state index contributed by atoms with van der Waals surface area (Å²) in [6.07, 6.45) is 1.49. The Bertz CT molecular complexity index is 713. The Morgan fingerprint density at radius 1 is 1.45 bits per heavy atom. The molecule has 2 heterocycles. The number of hydrogen-bond donors (Lipinski definition) is 2. The maximum atomic E-state index is 13.7. The van der Waals surface area contributed by atoms with E-state index in [0.29, 0.717) is 12.1 Å². The average molecular weight is 308 g/mol. The number of carbonyl (C=O) groups excluding carboxylic acids is 1. The fraction of sp³-hybridized carbons (Fsp3) is 0.438. The van der Waals surface area contributed by atoms with Crippen LogP contribution in [0.25, 0.3) is 10.9 Å². The monoisotopic (exact) mass is 308 g/mol. The molecule has 0 bridgehead atoms. The van der Waals surface area contributed by atoms with Crippen molar-refractivity contribution in [3.63, 3.8) is 0 Å². The van der Waals surface area contributed by atoms with E-state index in [1.165, 1.54) is 12.1 Å². The first-order chi connectivity index (χ1) is 10.5. The third-order valence-electron chi connectivity index (χ3n) is 4.42. The minimum absolute atomic E-state index is 0.00592. The molecule has 2 aromatic rings. The van der Waals surface area contributed by atoms with Gasteiger partial charge in [-0.05, 0) is 43.9 Å². The van der Waals surface area contributed by atoms with Gasteiger partial charge in [-0.2, -0.15) is 0 Å². The number of benzene rings is 1. The average Bonchev–Trinajstić information content (AvgIpc) is 2.95. The quantitative estimate of drug-likeness (QED) is 0.896. The number of amides is 1. The number of hydrogen-bond acceptors (Lipinski definition) is 2. The van der Waals surface area contributed by atoms with Crippen molar-refractivity contribution in [2.24, 2.45) is 5.92 Å². The van der Waals surface area contributed by atoms with Gasteiger partial charge in [0.15, 0.2) is 11.6 Å². The number of aromatic nitrogens is 1. The molecule has 1 aromatic carbocycles. The Labute approximate surface area is 126 Å². The number of fused-ring (bicyclic) bond motifs is 1.